The Balaban J connectivity index is 2.11. The molecule has 0 aromatic heterocycles. The summed E-state index contributed by atoms with van der Waals surface area (Å²) in [5, 5.41) is 10.5. The Labute approximate surface area is 156 Å². The third-order valence-electron chi connectivity index (χ3n) is 4.66. The fourth-order valence-corrected chi connectivity index (χ4v) is 3.08. The summed E-state index contributed by atoms with van der Waals surface area (Å²) in [4.78, 5) is 0. The number of allylic oxidation sites excluding steroid dienone is 2. The van der Waals surface area contributed by atoms with Crippen LogP contribution in [0.5, 0.6) is 5.75 Å². The van der Waals surface area contributed by atoms with Crippen molar-refractivity contribution in [3.8, 4) is 5.75 Å². The third kappa shape index (κ3) is 3.94. The molecule has 0 spiro atoms. The number of rotatable bonds is 4. The number of aryl methyl sites for hydroxylation is 1. The molecule has 0 saturated heterocycles. The predicted octanol–water partition coefficient (Wildman–Crippen LogP) is 6.82. The monoisotopic (exact) mass is 340 g/mol. The summed E-state index contributed by atoms with van der Waals surface area (Å²) in [6, 6.07) is 24.3. The first-order valence-corrected chi connectivity index (χ1v) is 8.86. The van der Waals surface area contributed by atoms with E-state index in [0.29, 0.717) is 5.75 Å². The number of phenols is 1. The highest BCUT2D eigenvalue weighted by Gasteiger charge is 2.09. The molecule has 0 atom stereocenters. The number of hydrogen-bond acceptors (Lipinski definition) is 1. The van der Waals surface area contributed by atoms with E-state index in [1.165, 1.54) is 11.1 Å². The molecule has 3 aromatic carbocycles. The van der Waals surface area contributed by atoms with Gasteiger partial charge in [0.2, 0.25) is 0 Å². The lowest BCUT2D eigenvalue weighted by Gasteiger charge is -2.12. The van der Waals surface area contributed by atoms with Crippen molar-refractivity contribution in [1.82, 2.24) is 0 Å². The Kier molecular flexibility index (Phi) is 5.38. The van der Waals surface area contributed by atoms with Crippen LogP contribution in [0.2, 0.25) is 0 Å². The van der Waals surface area contributed by atoms with E-state index < -0.39 is 0 Å². The van der Waals surface area contributed by atoms with Crippen LogP contribution in [-0.2, 0) is 0 Å². The summed E-state index contributed by atoms with van der Waals surface area (Å²) < 4.78 is 0. The van der Waals surface area contributed by atoms with Crippen molar-refractivity contribution in [2.45, 2.75) is 20.8 Å². The predicted molar refractivity (Wildman–Crippen MR) is 113 cm³/mol. The van der Waals surface area contributed by atoms with Gasteiger partial charge in [-0.3, -0.25) is 0 Å². The van der Waals surface area contributed by atoms with Crippen LogP contribution in [0, 0.1) is 6.92 Å². The van der Waals surface area contributed by atoms with Crippen LogP contribution in [0.15, 0.2) is 72.8 Å². The highest BCUT2D eigenvalue weighted by Crippen LogP contribution is 2.32. The summed E-state index contributed by atoms with van der Waals surface area (Å²) in [6.45, 7) is 6.27. The lowest BCUT2D eigenvalue weighted by Crippen LogP contribution is -1.90. The minimum absolute atomic E-state index is 0.304. The normalized spacial score (nSPS) is 12.3. The van der Waals surface area contributed by atoms with Gasteiger partial charge in [0, 0.05) is 5.56 Å². The van der Waals surface area contributed by atoms with Crippen LogP contribution in [0.1, 0.15) is 41.7 Å². The van der Waals surface area contributed by atoms with Crippen LogP contribution in [0.4, 0.5) is 0 Å². The standard InChI is InChI=1S/C25H24O/c1-18-14-15-25(26)24(17-20(3)22-12-8-5-9-13-22)23(18)16-19(2)21-10-6-4-7-11-21/h4-17,26H,1-3H3. The molecule has 0 unspecified atom stereocenters. The van der Waals surface area contributed by atoms with Gasteiger partial charge in [0.15, 0.2) is 0 Å². The van der Waals surface area contributed by atoms with E-state index in [-0.39, 0.29) is 0 Å². The molecule has 0 aliphatic carbocycles. The van der Waals surface area contributed by atoms with Gasteiger partial charge in [0.05, 0.1) is 0 Å². The Morgan fingerprint density at radius 3 is 1.62 bits per heavy atom. The van der Waals surface area contributed by atoms with Gasteiger partial charge >= 0.3 is 0 Å². The molecular weight excluding hydrogens is 316 g/mol. The fourth-order valence-electron chi connectivity index (χ4n) is 3.08. The molecule has 0 fully saturated rings. The Bertz CT molecular complexity index is 868. The molecule has 0 amide bonds. The van der Waals surface area contributed by atoms with Gasteiger partial charge in [-0.15, -0.1) is 0 Å². The molecule has 0 saturated carbocycles. The van der Waals surface area contributed by atoms with Gasteiger partial charge in [-0.25, -0.2) is 0 Å². The maximum atomic E-state index is 10.5. The maximum absolute atomic E-state index is 10.5. The van der Waals surface area contributed by atoms with Gasteiger partial charge in [0.25, 0.3) is 0 Å². The number of hydrogen-bond donors (Lipinski definition) is 1. The zero-order valence-corrected chi connectivity index (χ0v) is 15.5. The smallest absolute Gasteiger partial charge is 0.123 e. The van der Waals surface area contributed by atoms with Gasteiger partial charge in [-0.05, 0) is 66.3 Å². The molecule has 1 N–H and O–H groups in total. The molecule has 130 valence electrons. The van der Waals surface area contributed by atoms with Crippen LogP contribution in [0.25, 0.3) is 23.3 Å². The van der Waals surface area contributed by atoms with E-state index in [1.807, 2.05) is 42.5 Å². The SMILES string of the molecule is CC(=Cc1c(C)ccc(O)c1C=C(C)c1ccccc1)c1ccccc1. The van der Waals surface area contributed by atoms with Crippen molar-refractivity contribution in [2.75, 3.05) is 0 Å². The van der Waals surface area contributed by atoms with Gasteiger partial charge in [0.1, 0.15) is 5.75 Å². The number of benzene rings is 3. The molecule has 0 aliphatic heterocycles. The van der Waals surface area contributed by atoms with E-state index in [0.717, 1.165) is 27.8 Å². The molecule has 0 heterocycles. The minimum atomic E-state index is 0.304. The lowest BCUT2D eigenvalue weighted by molar-refractivity contribution is 0.474. The lowest BCUT2D eigenvalue weighted by atomic mass is 9.94. The number of aromatic hydroxyl groups is 1. The average Bonchev–Trinajstić information content (AvgIpc) is 2.68. The second-order valence-electron chi connectivity index (χ2n) is 6.62. The van der Waals surface area contributed by atoms with Crippen LogP contribution in [-0.4, -0.2) is 5.11 Å². The van der Waals surface area contributed by atoms with E-state index >= 15 is 0 Å². The Morgan fingerprint density at radius 1 is 0.654 bits per heavy atom. The zero-order valence-electron chi connectivity index (χ0n) is 15.5. The van der Waals surface area contributed by atoms with Crippen LogP contribution >= 0.6 is 0 Å². The maximum Gasteiger partial charge on any atom is 0.123 e. The summed E-state index contributed by atoms with van der Waals surface area (Å²) in [6.07, 6.45) is 4.23. The zero-order chi connectivity index (χ0) is 18.5. The highest BCUT2D eigenvalue weighted by molar-refractivity contribution is 5.90. The first kappa shape index (κ1) is 17.8. The summed E-state index contributed by atoms with van der Waals surface area (Å²) >= 11 is 0. The van der Waals surface area contributed by atoms with Crippen molar-refractivity contribution < 1.29 is 5.11 Å². The summed E-state index contributed by atoms with van der Waals surface area (Å²) in [5.74, 6) is 0.304. The molecule has 26 heavy (non-hydrogen) atoms. The molecule has 1 nitrogen and oxygen atoms in total. The van der Waals surface area contributed by atoms with E-state index in [1.54, 1.807) is 6.07 Å². The third-order valence-corrected chi connectivity index (χ3v) is 4.66. The molecule has 0 radical (unpaired) electrons. The molecule has 1 heteroatoms. The molecule has 3 rings (SSSR count). The van der Waals surface area contributed by atoms with Crippen molar-refractivity contribution >= 4 is 23.3 Å². The topological polar surface area (TPSA) is 20.2 Å². The quantitative estimate of drug-likeness (QED) is 0.517. The minimum Gasteiger partial charge on any atom is -0.507 e. The Hall–Kier alpha value is -3.06. The highest BCUT2D eigenvalue weighted by atomic mass is 16.3. The molecular formula is C25H24O. The van der Waals surface area contributed by atoms with E-state index in [9.17, 15) is 5.11 Å². The largest absolute Gasteiger partial charge is 0.507 e. The first-order chi connectivity index (χ1) is 12.6. The fraction of sp³-hybridized carbons (Fsp3) is 0.120. The van der Waals surface area contributed by atoms with Crippen LogP contribution < -0.4 is 0 Å². The molecule has 3 aromatic rings. The van der Waals surface area contributed by atoms with E-state index in [2.05, 4.69) is 57.2 Å². The molecule has 0 aliphatic rings. The van der Waals surface area contributed by atoms with Gasteiger partial charge in [-0.2, -0.15) is 0 Å². The second-order valence-corrected chi connectivity index (χ2v) is 6.62. The average molecular weight is 340 g/mol. The first-order valence-electron chi connectivity index (χ1n) is 8.86. The van der Waals surface area contributed by atoms with Crippen molar-refractivity contribution in [3.05, 3.63) is 101 Å². The summed E-state index contributed by atoms with van der Waals surface area (Å²) in [7, 11) is 0. The van der Waals surface area contributed by atoms with Crippen molar-refractivity contribution in [1.29, 1.82) is 0 Å². The van der Waals surface area contributed by atoms with Crippen LogP contribution in [0.3, 0.4) is 0 Å². The van der Waals surface area contributed by atoms with Crippen molar-refractivity contribution in [2.24, 2.45) is 0 Å². The van der Waals surface area contributed by atoms with Gasteiger partial charge < -0.3 is 5.11 Å². The number of phenolic OH excluding ortho intramolecular Hbond substituents is 1. The second kappa shape index (κ2) is 7.88. The van der Waals surface area contributed by atoms with E-state index in [4.69, 9.17) is 0 Å². The van der Waals surface area contributed by atoms with Crippen molar-refractivity contribution in [3.63, 3.8) is 0 Å². The van der Waals surface area contributed by atoms with Gasteiger partial charge in [-0.1, -0.05) is 72.8 Å². The Morgan fingerprint density at radius 2 is 1.12 bits per heavy atom. The summed E-state index contributed by atoms with van der Waals surface area (Å²) in [5.41, 5.74) is 7.70. The molecule has 0 bridgehead atoms.